The Kier molecular flexibility index (Phi) is 6.71. The van der Waals surface area contributed by atoms with Gasteiger partial charge in [-0.2, -0.15) is 0 Å². The monoisotopic (exact) mass is 320 g/mol. The van der Waals surface area contributed by atoms with E-state index in [2.05, 4.69) is 16.0 Å². The highest BCUT2D eigenvalue weighted by molar-refractivity contribution is 5.96. The highest BCUT2D eigenvalue weighted by Gasteiger charge is 2.17. The first-order valence-electron chi connectivity index (χ1n) is 7.42. The van der Waals surface area contributed by atoms with Crippen molar-refractivity contribution in [3.05, 3.63) is 23.8 Å². The zero-order valence-electron chi connectivity index (χ0n) is 13.9. The second-order valence-corrected chi connectivity index (χ2v) is 5.75. The quantitative estimate of drug-likeness (QED) is 0.626. The first-order chi connectivity index (χ1) is 10.7. The number of amides is 3. The van der Waals surface area contributed by atoms with Gasteiger partial charge >= 0.3 is 0 Å². The van der Waals surface area contributed by atoms with Crippen molar-refractivity contribution in [3.63, 3.8) is 0 Å². The number of hydrogen-bond donors (Lipinski definition) is 4. The molecule has 0 heterocycles. The SMILES string of the molecule is CC(=O)Nc1cc(NC(=O)CNC(=O)[C@@H](N)C(C)C)ccc1C. The number of aryl methyl sites for hydroxylation is 1. The van der Waals surface area contributed by atoms with Crippen molar-refractivity contribution in [3.8, 4) is 0 Å². The van der Waals surface area contributed by atoms with E-state index < -0.39 is 6.04 Å². The lowest BCUT2D eigenvalue weighted by Gasteiger charge is -2.15. The van der Waals surface area contributed by atoms with Crippen molar-refractivity contribution >= 4 is 29.1 Å². The van der Waals surface area contributed by atoms with Crippen molar-refractivity contribution in [1.82, 2.24) is 5.32 Å². The van der Waals surface area contributed by atoms with E-state index in [1.807, 2.05) is 20.8 Å². The third-order valence-electron chi connectivity index (χ3n) is 3.28. The van der Waals surface area contributed by atoms with Crippen LogP contribution in [-0.2, 0) is 14.4 Å². The Bertz CT molecular complexity index is 599. The third-order valence-corrected chi connectivity index (χ3v) is 3.28. The van der Waals surface area contributed by atoms with E-state index in [4.69, 9.17) is 5.73 Å². The molecular weight excluding hydrogens is 296 g/mol. The molecule has 7 heteroatoms. The fourth-order valence-electron chi connectivity index (χ4n) is 1.82. The molecule has 0 unspecified atom stereocenters. The summed E-state index contributed by atoms with van der Waals surface area (Å²) in [4.78, 5) is 34.7. The van der Waals surface area contributed by atoms with Gasteiger partial charge in [-0.15, -0.1) is 0 Å². The first kappa shape index (κ1) is 18.6. The maximum atomic E-state index is 11.9. The topological polar surface area (TPSA) is 113 Å². The number of anilines is 2. The molecule has 0 aliphatic carbocycles. The average molecular weight is 320 g/mol. The minimum atomic E-state index is -0.645. The van der Waals surface area contributed by atoms with Crippen LogP contribution in [0.3, 0.4) is 0 Å². The van der Waals surface area contributed by atoms with E-state index >= 15 is 0 Å². The summed E-state index contributed by atoms with van der Waals surface area (Å²) in [5.41, 5.74) is 7.74. The zero-order chi connectivity index (χ0) is 17.6. The van der Waals surface area contributed by atoms with Crippen molar-refractivity contribution in [2.24, 2.45) is 11.7 Å². The predicted octanol–water partition coefficient (Wildman–Crippen LogP) is 0.991. The van der Waals surface area contributed by atoms with Crippen molar-refractivity contribution in [1.29, 1.82) is 0 Å². The summed E-state index contributed by atoms with van der Waals surface area (Å²) in [5, 5.41) is 7.84. The number of nitrogens with two attached hydrogens (primary N) is 1. The first-order valence-corrected chi connectivity index (χ1v) is 7.42. The maximum absolute atomic E-state index is 11.9. The van der Waals surface area contributed by atoms with Crippen LogP contribution in [-0.4, -0.2) is 30.3 Å². The highest BCUT2D eigenvalue weighted by atomic mass is 16.2. The fourth-order valence-corrected chi connectivity index (χ4v) is 1.82. The number of hydrogen-bond acceptors (Lipinski definition) is 4. The lowest BCUT2D eigenvalue weighted by Crippen LogP contribution is -2.46. The molecule has 1 aromatic rings. The molecule has 0 aromatic heterocycles. The summed E-state index contributed by atoms with van der Waals surface area (Å²) in [6.45, 7) is 6.77. The van der Waals surface area contributed by atoms with Crippen LogP contribution in [0.15, 0.2) is 18.2 Å². The number of carbonyl (C=O) groups is 3. The second kappa shape index (κ2) is 8.28. The smallest absolute Gasteiger partial charge is 0.243 e. The molecule has 5 N–H and O–H groups in total. The van der Waals surface area contributed by atoms with Gasteiger partial charge in [-0.25, -0.2) is 0 Å². The Morgan fingerprint density at radius 2 is 1.83 bits per heavy atom. The van der Waals surface area contributed by atoms with Gasteiger partial charge in [0.15, 0.2) is 0 Å². The molecule has 1 rings (SSSR count). The Hall–Kier alpha value is -2.41. The van der Waals surface area contributed by atoms with E-state index in [9.17, 15) is 14.4 Å². The van der Waals surface area contributed by atoms with Gasteiger partial charge in [0.2, 0.25) is 17.7 Å². The van der Waals surface area contributed by atoms with Gasteiger partial charge in [-0.1, -0.05) is 19.9 Å². The summed E-state index contributed by atoms with van der Waals surface area (Å²) in [7, 11) is 0. The van der Waals surface area contributed by atoms with E-state index in [0.29, 0.717) is 11.4 Å². The lowest BCUT2D eigenvalue weighted by molar-refractivity contribution is -0.125. The standard InChI is InChI=1S/C16H24N4O3/c1-9(2)15(17)16(23)18-8-14(22)20-12-6-5-10(3)13(7-12)19-11(4)21/h5-7,9,15H,8,17H2,1-4H3,(H,18,23)(H,19,21)(H,20,22)/t15-/m0/s1. The second-order valence-electron chi connectivity index (χ2n) is 5.75. The average Bonchev–Trinajstić information content (AvgIpc) is 2.46. The Balaban J connectivity index is 2.61. The molecule has 23 heavy (non-hydrogen) atoms. The zero-order valence-corrected chi connectivity index (χ0v) is 13.9. The molecule has 126 valence electrons. The van der Waals surface area contributed by atoms with Crippen molar-refractivity contribution in [2.45, 2.75) is 33.7 Å². The largest absolute Gasteiger partial charge is 0.346 e. The van der Waals surface area contributed by atoms with Crippen LogP contribution in [0, 0.1) is 12.8 Å². The summed E-state index contributed by atoms with van der Waals surface area (Å²) < 4.78 is 0. The number of rotatable bonds is 6. The van der Waals surface area contributed by atoms with Crippen LogP contribution >= 0.6 is 0 Å². The van der Waals surface area contributed by atoms with Gasteiger partial charge in [0.1, 0.15) is 0 Å². The molecule has 0 radical (unpaired) electrons. The minimum absolute atomic E-state index is 0.00428. The fraction of sp³-hybridized carbons (Fsp3) is 0.438. The van der Waals surface area contributed by atoms with Crippen molar-refractivity contribution in [2.75, 3.05) is 17.2 Å². The van der Waals surface area contributed by atoms with Crippen LogP contribution in [0.5, 0.6) is 0 Å². The highest BCUT2D eigenvalue weighted by Crippen LogP contribution is 2.20. The van der Waals surface area contributed by atoms with Crippen molar-refractivity contribution < 1.29 is 14.4 Å². The van der Waals surface area contributed by atoms with Gasteiger partial charge in [-0.3, -0.25) is 14.4 Å². The Morgan fingerprint density at radius 3 is 2.39 bits per heavy atom. The molecule has 3 amide bonds. The molecule has 0 aliphatic heterocycles. The summed E-state index contributed by atoms with van der Waals surface area (Å²) in [6, 6.07) is 4.53. The van der Waals surface area contributed by atoms with Crippen LogP contribution in [0.4, 0.5) is 11.4 Å². The molecule has 1 atom stereocenters. The molecule has 0 bridgehead atoms. The van der Waals surface area contributed by atoms with Gasteiger partial charge in [-0.05, 0) is 30.5 Å². The molecular formula is C16H24N4O3. The van der Waals surface area contributed by atoms with Gasteiger partial charge in [0.25, 0.3) is 0 Å². The normalized spacial score (nSPS) is 11.7. The maximum Gasteiger partial charge on any atom is 0.243 e. The Labute approximate surface area is 136 Å². The van der Waals surface area contributed by atoms with Gasteiger partial charge < -0.3 is 21.7 Å². The van der Waals surface area contributed by atoms with E-state index in [1.165, 1.54) is 6.92 Å². The van der Waals surface area contributed by atoms with Crippen LogP contribution < -0.4 is 21.7 Å². The van der Waals surface area contributed by atoms with E-state index in [1.54, 1.807) is 18.2 Å². The van der Waals surface area contributed by atoms with E-state index in [0.717, 1.165) is 5.56 Å². The lowest BCUT2D eigenvalue weighted by atomic mass is 10.1. The summed E-state index contributed by atoms with van der Waals surface area (Å²) in [5.74, 6) is -0.924. The molecule has 1 aromatic carbocycles. The Morgan fingerprint density at radius 1 is 1.17 bits per heavy atom. The molecule has 7 nitrogen and oxygen atoms in total. The molecule has 0 fully saturated rings. The molecule has 0 spiro atoms. The van der Waals surface area contributed by atoms with Crippen LogP contribution in [0.2, 0.25) is 0 Å². The summed E-state index contributed by atoms with van der Waals surface area (Å²) >= 11 is 0. The predicted molar refractivity (Wildman–Crippen MR) is 89.9 cm³/mol. The van der Waals surface area contributed by atoms with Gasteiger partial charge in [0, 0.05) is 18.3 Å². The molecule has 0 aliphatic rings. The third kappa shape index (κ3) is 6.07. The molecule has 0 saturated carbocycles. The van der Waals surface area contributed by atoms with Gasteiger partial charge in [0.05, 0.1) is 12.6 Å². The number of nitrogens with one attached hydrogen (secondary N) is 3. The van der Waals surface area contributed by atoms with E-state index in [-0.39, 0.29) is 30.2 Å². The molecule has 0 saturated heterocycles. The number of benzene rings is 1. The summed E-state index contributed by atoms with van der Waals surface area (Å²) in [6.07, 6.45) is 0. The van der Waals surface area contributed by atoms with Crippen LogP contribution in [0.1, 0.15) is 26.3 Å². The minimum Gasteiger partial charge on any atom is -0.346 e. The number of carbonyl (C=O) groups excluding carboxylic acids is 3. The van der Waals surface area contributed by atoms with Crippen LogP contribution in [0.25, 0.3) is 0 Å².